The van der Waals surface area contributed by atoms with E-state index in [4.69, 9.17) is 21.1 Å². The number of nitrogens with zero attached hydrogens (tertiary/aromatic N) is 3. The lowest BCUT2D eigenvalue weighted by atomic mass is 9.99. The number of methoxy groups -OCH3 is 2. The first-order valence-corrected chi connectivity index (χ1v) is 11.4. The molecule has 1 atom stereocenters. The fourth-order valence-electron chi connectivity index (χ4n) is 3.56. The van der Waals surface area contributed by atoms with E-state index < -0.39 is 16.1 Å². The highest BCUT2D eigenvalue weighted by Gasteiger charge is 2.36. The molecule has 1 aromatic heterocycles. The van der Waals surface area contributed by atoms with Gasteiger partial charge in [-0.25, -0.2) is 13.4 Å². The van der Waals surface area contributed by atoms with Crippen molar-refractivity contribution in [2.45, 2.75) is 12.5 Å². The summed E-state index contributed by atoms with van der Waals surface area (Å²) in [5, 5.41) is 5.38. The first-order valence-electron chi connectivity index (χ1n) is 9.16. The molecule has 156 valence electrons. The molecule has 0 spiro atoms. The zero-order valence-corrected chi connectivity index (χ0v) is 18.2. The minimum absolute atomic E-state index is 0.220. The predicted octanol–water partition coefficient (Wildman–Crippen LogP) is 4.02. The largest absolute Gasteiger partial charge is 0.493 e. The normalized spacial score (nSPS) is 16.6. The van der Waals surface area contributed by atoms with Crippen LogP contribution >= 0.6 is 11.6 Å². The molecule has 2 aromatic carbocycles. The van der Waals surface area contributed by atoms with Crippen LogP contribution in [-0.2, 0) is 10.0 Å². The number of fused-ring (bicyclic) bond motifs is 1. The highest BCUT2D eigenvalue weighted by Crippen LogP contribution is 2.40. The molecular formula is C21H20ClN3O4S. The van der Waals surface area contributed by atoms with Crippen LogP contribution in [0.4, 0.5) is 0 Å². The van der Waals surface area contributed by atoms with Crippen LogP contribution in [-0.4, -0.2) is 44.0 Å². The summed E-state index contributed by atoms with van der Waals surface area (Å²) < 4.78 is 36.8. The molecule has 1 aliphatic heterocycles. The van der Waals surface area contributed by atoms with Gasteiger partial charge in [-0.05, 0) is 17.7 Å². The maximum Gasteiger partial charge on any atom is 0.247 e. The molecule has 7 nitrogen and oxygen atoms in total. The third-order valence-electron chi connectivity index (χ3n) is 4.98. The van der Waals surface area contributed by atoms with E-state index in [-0.39, 0.29) is 5.15 Å². The van der Waals surface area contributed by atoms with Gasteiger partial charge in [-0.1, -0.05) is 41.9 Å². The Morgan fingerprint density at radius 3 is 2.37 bits per heavy atom. The number of benzene rings is 2. The molecule has 0 radical (unpaired) electrons. The number of hydrazone groups is 1. The van der Waals surface area contributed by atoms with Gasteiger partial charge in [0.05, 0.1) is 37.7 Å². The minimum atomic E-state index is -3.62. The van der Waals surface area contributed by atoms with Gasteiger partial charge in [-0.3, -0.25) is 0 Å². The maximum absolute atomic E-state index is 12.5. The lowest BCUT2D eigenvalue weighted by Crippen LogP contribution is -2.26. The van der Waals surface area contributed by atoms with E-state index in [2.05, 4.69) is 10.1 Å². The fraction of sp³-hybridized carbons (Fsp3) is 0.238. The summed E-state index contributed by atoms with van der Waals surface area (Å²) in [4.78, 5) is 4.48. The van der Waals surface area contributed by atoms with Crippen LogP contribution in [0.3, 0.4) is 0 Å². The molecule has 2 heterocycles. The highest BCUT2D eigenvalue weighted by molar-refractivity contribution is 7.88. The SMILES string of the molecule is COc1cc2cc([C@@H]3CC(c4ccccc4)=NN3S(C)(=O)=O)c(Cl)nc2cc1OC. The number of aromatic nitrogens is 1. The number of sulfonamides is 1. The first kappa shape index (κ1) is 20.4. The Hall–Kier alpha value is -2.84. The third-order valence-corrected chi connectivity index (χ3v) is 6.30. The van der Waals surface area contributed by atoms with Crippen molar-refractivity contribution in [3.05, 3.63) is 64.8 Å². The molecular weight excluding hydrogens is 426 g/mol. The van der Waals surface area contributed by atoms with E-state index in [1.165, 1.54) is 0 Å². The molecule has 0 N–H and O–H groups in total. The zero-order valence-electron chi connectivity index (χ0n) is 16.7. The van der Waals surface area contributed by atoms with Gasteiger partial charge in [-0.15, -0.1) is 0 Å². The van der Waals surface area contributed by atoms with Crippen LogP contribution in [0.15, 0.2) is 53.6 Å². The fourth-order valence-corrected chi connectivity index (χ4v) is 4.73. The van der Waals surface area contributed by atoms with Gasteiger partial charge in [-0.2, -0.15) is 9.52 Å². The van der Waals surface area contributed by atoms with Crippen LogP contribution in [0, 0.1) is 0 Å². The van der Waals surface area contributed by atoms with Crippen molar-refractivity contribution >= 4 is 38.2 Å². The average Bonchev–Trinajstić information content (AvgIpc) is 3.19. The monoisotopic (exact) mass is 445 g/mol. The van der Waals surface area contributed by atoms with Gasteiger partial charge in [0.15, 0.2) is 11.5 Å². The Morgan fingerprint density at radius 1 is 1.07 bits per heavy atom. The quantitative estimate of drug-likeness (QED) is 0.554. The van der Waals surface area contributed by atoms with Gasteiger partial charge >= 0.3 is 0 Å². The van der Waals surface area contributed by atoms with Crippen molar-refractivity contribution in [2.24, 2.45) is 5.10 Å². The molecule has 0 bridgehead atoms. The summed E-state index contributed by atoms with van der Waals surface area (Å²) in [6.07, 6.45) is 1.52. The molecule has 0 saturated carbocycles. The van der Waals surface area contributed by atoms with Gasteiger partial charge < -0.3 is 9.47 Å². The number of rotatable bonds is 5. The summed E-state index contributed by atoms with van der Waals surface area (Å²) in [5.41, 5.74) is 2.74. The zero-order chi connectivity index (χ0) is 21.5. The summed E-state index contributed by atoms with van der Waals surface area (Å²) in [5.74, 6) is 1.09. The Morgan fingerprint density at radius 2 is 1.73 bits per heavy atom. The van der Waals surface area contributed by atoms with Crippen molar-refractivity contribution in [2.75, 3.05) is 20.5 Å². The smallest absolute Gasteiger partial charge is 0.247 e. The van der Waals surface area contributed by atoms with Crippen LogP contribution in [0.5, 0.6) is 11.5 Å². The summed E-state index contributed by atoms with van der Waals surface area (Å²) >= 11 is 6.51. The summed E-state index contributed by atoms with van der Waals surface area (Å²) in [6.45, 7) is 0. The van der Waals surface area contributed by atoms with E-state index in [1.807, 2.05) is 36.4 Å². The second-order valence-electron chi connectivity index (χ2n) is 6.94. The molecule has 1 aliphatic rings. The molecule has 0 fully saturated rings. The Bertz CT molecular complexity index is 1250. The number of ether oxygens (including phenoxy) is 2. The molecule has 0 aliphatic carbocycles. The average molecular weight is 446 g/mol. The topological polar surface area (TPSA) is 81.1 Å². The lowest BCUT2D eigenvalue weighted by molar-refractivity contribution is 0.355. The summed E-state index contributed by atoms with van der Waals surface area (Å²) in [6, 6.07) is 14.2. The van der Waals surface area contributed by atoms with Crippen LogP contribution in [0.1, 0.15) is 23.6 Å². The minimum Gasteiger partial charge on any atom is -0.493 e. The van der Waals surface area contributed by atoms with Gasteiger partial charge in [0, 0.05) is 23.4 Å². The summed E-state index contributed by atoms with van der Waals surface area (Å²) in [7, 11) is -0.521. The van der Waals surface area contributed by atoms with Crippen molar-refractivity contribution in [3.8, 4) is 11.5 Å². The third kappa shape index (κ3) is 3.68. The molecule has 0 amide bonds. The number of halogens is 1. The number of hydrogen-bond donors (Lipinski definition) is 0. The van der Waals surface area contributed by atoms with E-state index in [0.717, 1.165) is 21.6 Å². The maximum atomic E-state index is 12.5. The van der Waals surface area contributed by atoms with Gasteiger partial charge in [0.2, 0.25) is 10.0 Å². The van der Waals surface area contributed by atoms with Gasteiger partial charge in [0.1, 0.15) is 5.15 Å². The van der Waals surface area contributed by atoms with Crippen molar-refractivity contribution in [1.29, 1.82) is 0 Å². The standard InChI is InChI=1S/C21H20ClN3O4S/c1-28-19-10-14-9-15(21(22)23-16(14)12-20(19)29-2)18-11-17(13-7-5-4-6-8-13)24-25(18)30(3,26)27/h4-10,12,18H,11H2,1-3H3/t18-/m0/s1. The molecule has 30 heavy (non-hydrogen) atoms. The van der Waals surface area contributed by atoms with Crippen molar-refractivity contribution in [3.63, 3.8) is 0 Å². The molecule has 0 saturated heterocycles. The molecule has 4 rings (SSSR count). The Labute approximate surface area is 179 Å². The molecule has 3 aromatic rings. The number of pyridine rings is 1. The Kier molecular flexibility index (Phi) is 5.29. The van der Waals surface area contributed by atoms with Crippen molar-refractivity contribution in [1.82, 2.24) is 9.40 Å². The van der Waals surface area contributed by atoms with Crippen LogP contribution in [0.25, 0.3) is 10.9 Å². The van der Waals surface area contributed by atoms with E-state index in [9.17, 15) is 8.42 Å². The van der Waals surface area contributed by atoms with E-state index in [1.54, 1.807) is 26.4 Å². The van der Waals surface area contributed by atoms with E-state index in [0.29, 0.717) is 34.7 Å². The highest BCUT2D eigenvalue weighted by atomic mass is 35.5. The molecule has 0 unspecified atom stereocenters. The van der Waals surface area contributed by atoms with Gasteiger partial charge in [0.25, 0.3) is 0 Å². The first-order chi connectivity index (χ1) is 14.3. The Balaban J connectivity index is 1.83. The van der Waals surface area contributed by atoms with Crippen LogP contribution < -0.4 is 9.47 Å². The van der Waals surface area contributed by atoms with E-state index >= 15 is 0 Å². The van der Waals surface area contributed by atoms with Crippen LogP contribution in [0.2, 0.25) is 5.15 Å². The second kappa shape index (κ2) is 7.77. The molecule has 9 heteroatoms. The lowest BCUT2D eigenvalue weighted by Gasteiger charge is -2.22. The van der Waals surface area contributed by atoms with Crippen molar-refractivity contribution < 1.29 is 17.9 Å². The predicted molar refractivity (Wildman–Crippen MR) is 117 cm³/mol. The number of hydrogen-bond acceptors (Lipinski definition) is 6. The second-order valence-corrected chi connectivity index (χ2v) is 9.13.